The Bertz CT molecular complexity index is 939. The van der Waals surface area contributed by atoms with E-state index in [0.717, 1.165) is 6.07 Å². The Morgan fingerprint density at radius 2 is 1.62 bits per heavy atom. The van der Waals surface area contributed by atoms with E-state index in [9.17, 15) is 14.0 Å². The Labute approximate surface area is 200 Å². The van der Waals surface area contributed by atoms with Crippen LogP contribution in [0.2, 0.25) is 0 Å². The zero-order chi connectivity index (χ0) is 25.6. The number of amides is 2. The van der Waals surface area contributed by atoms with Crippen molar-refractivity contribution >= 4 is 24.6 Å². The molecule has 2 fully saturated rings. The third-order valence-corrected chi connectivity index (χ3v) is 6.82. The Balaban J connectivity index is 1.73. The Kier molecular flexibility index (Phi) is 7.08. The minimum absolute atomic E-state index is 0.0112. The molecule has 0 unspecified atom stereocenters. The predicted octanol–water partition coefficient (Wildman–Crippen LogP) is 3.74. The highest BCUT2D eigenvalue weighted by atomic mass is 19.1. The normalized spacial score (nSPS) is 20.4. The van der Waals surface area contributed by atoms with E-state index in [1.54, 1.807) is 27.8 Å². The molecule has 188 valence electrons. The first-order chi connectivity index (χ1) is 15.5. The predicted molar refractivity (Wildman–Crippen MR) is 125 cm³/mol. The van der Waals surface area contributed by atoms with Crippen LogP contribution in [0.4, 0.5) is 13.6 Å². The van der Waals surface area contributed by atoms with Crippen LogP contribution in [0, 0.1) is 11.6 Å². The van der Waals surface area contributed by atoms with Crippen LogP contribution in [0.1, 0.15) is 71.7 Å². The number of likely N-dealkylation sites (tertiary alicyclic amines) is 1. The van der Waals surface area contributed by atoms with Crippen molar-refractivity contribution in [1.29, 1.82) is 0 Å². The molecular formula is C24H35BF2N2O5. The van der Waals surface area contributed by atoms with Gasteiger partial charge in [0.05, 0.1) is 11.2 Å². The standard InChI is InChI=1S/C24H35BF2N2O5/c1-22(2,3)32-21(31)28(8)15-11-13-29(14-12-15)20(30)18-17(26)10-9-16(19(18)27)25-33-23(4,5)24(6,7)34-25/h9-10,15H,11-14H2,1-8H3. The van der Waals surface area contributed by atoms with Crippen LogP contribution in [0.25, 0.3) is 0 Å². The second-order valence-electron chi connectivity index (χ2n) is 11.0. The maximum atomic E-state index is 15.4. The number of benzene rings is 1. The number of ether oxygens (including phenoxy) is 1. The fraction of sp³-hybridized carbons (Fsp3) is 0.667. The second-order valence-corrected chi connectivity index (χ2v) is 11.0. The summed E-state index contributed by atoms with van der Waals surface area (Å²) in [6, 6.07) is 2.19. The smallest absolute Gasteiger partial charge is 0.444 e. The monoisotopic (exact) mass is 480 g/mol. The van der Waals surface area contributed by atoms with E-state index in [4.69, 9.17) is 14.0 Å². The largest absolute Gasteiger partial charge is 0.497 e. The van der Waals surface area contributed by atoms with E-state index >= 15 is 4.39 Å². The molecule has 1 aromatic rings. The van der Waals surface area contributed by atoms with Crippen molar-refractivity contribution in [2.24, 2.45) is 0 Å². The average Bonchev–Trinajstić information content (AvgIpc) is 2.93. The van der Waals surface area contributed by atoms with Gasteiger partial charge in [0.15, 0.2) is 0 Å². The van der Waals surface area contributed by atoms with Gasteiger partial charge in [-0.05, 0) is 67.4 Å². The molecule has 0 radical (unpaired) electrons. The van der Waals surface area contributed by atoms with Crippen LogP contribution in [-0.4, -0.2) is 71.9 Å². The van der Waals surface area contributed by atoms with E-state index in [-0.39, 0.29) is 24.6 Å². The van der Waals surface area contributed by atoms with Gasteiger partial charge >= 0.3 is 13.2 Å². The number of hydrogen-bond donors (Lipinski definition) is 0. The van der Waals surface area contributed by atoms with Crippen LogP contribution in [0.3, 0.4) is 0 Å². The molecule has 34 heavy (non-hydrogen) atoms. The number of rotatable bonds is 3. The molecule has 10 heteroatoms. The number of nitrogens with zero attached hydrogens (tertiary/aromatic N) is 2. The van der Waals surface area contributed by atoms with Crippen LogP contribution in [0.5, 0.6) is 0 Å². The molecule has 2 aliphatic heterocycles. The Morgan fingerprint density at radius 1 is 1.09 bits per heavy atom. The van der Waals surface area contributed by atoms with Gasteiger partial charge in [0.25, 0.3) is 5.91 Å². The molecule has 2 saturated heterocycles. The number of hydrogen-bond acceptors (Lipinski definition) is 5. The third-order valence-electron chi connectivity index (χ3n) is 6.82. The lowest BCUT2D eigenvalue weighted by Crippen LogP contribution is -2.49. The van der Waals surface area contributed by atoms with Gasteiger partial charge in [0.2, 0.25) is 0 Å². The average molecular weight is 480 g/mol. The summed E-state index contributed by atoms with van der Waals surface area (Å²) in [5.41, 5.74) is -2.65. The molecule has 0 N–H and O–H groups in total. The zero-order valence-corrected chi connectivity index (χ0v) is 21.3. The second kappa shape index (κ2) is 9.11. The van der Waals surface area contributed by atoms with Gasteiger partial charge in [-0.2, -0.15) is 0 Å². The highest BCUT2D eigenvalue weighted by Gasteiger charge is 2.53. The molecule has 7 nitrogen and oxygen atoms in total. The topological polar surface area (TPSA) is 68.3 Å². The maximum absolute atomic E-state index is 15.4. The molecule has 0 aromatic heterocycles. The highest BCUT2D eigenvalue weighted by Crippen LogP contribution is 2.37. The van der Waals surface area contributed by atoms with Gasteiger partial charge in [-0.25, -0.2) is 13.6 Å². The van der Waals surface area contributed by atoms with Gasteiger partial charge in [-0.15, -0.1) is 0 Å². The number of carbonyl (C=O) groups excluding carboxylic acids is 2. The van der Waals surface area contributed by atoms with Crippen molar-refractivity contribution in [3.05, 3.63) is 29.3 Å². The SMILES string of the molecule is CN(C(=O)OC(C)(C)C)C1CCN(C(=O)c2c(F)ccc(B3OC(C)(C)C(C)(C)O3)c2F)CC1. The van der Waals surface area contributed by atoms with E-state index < -0.39 is 53.1 Å². The van der Waals surface area contributed by atoms with Gasteiger partial charge in [0.1, 0.15) is 22.8 Å². The van der Waals surface area contributed by atoms with Gasteiger partial charge in [-0.3, -0.25) is 4.79 Å². The van der Waals surface area contributed by atoms with Gasteiger partial charge in [0, 0.05) is 31.6 Å². The first-order valence-electron chi connectivity index (χ1n) is 11.6. The van der Waals surface area contributed by atoms with Crippen molar-refractivity contribution in [2.75, 3.05) is 20.1 Å². The zero-order valence-electron chi connectivity index (χ0n) is 21.3. The summed E-state index contributed by atoms with van der Waals surface area (Å²) in [5, 5.41) is 0. The highest BCUT2D eigenvalue weighted by molar-refractivity contribution is 6.62. The lowest BCUT2D eigenvalue weighted by molar-refractivity contribution is 0.00578. The van der Waals surface area contributed by atoms with E-state index in [1.807, 2.05) is 27.7 Å². The molecule has 2 amide bonds. The quantitative estimate of drug-likeness (QED) is 0.617. The summed E-state index contributed by atoms with van der Waals surface area (Å²) in [6.07, 6.45) is 0.507. The summed E-state index contributed by atoms with van der Waals surface area (Å²) < 4.78 is 47.3. The van der Waals surface area contributed by atoms with Crippen LogP contribution in [-0.2, 0) is 14.0 Å². The maximum Gasteiger partial charge on any atom is 0.497 e. The molecule has 0 spiro atoms. The summed E-state index contributed by atoms with van der Waals surface area (Å²) in [5.74, 6) is -2.64. The minimum Gasteiger partial charge on any atom is -0.444 e. The van der Waals surface area contributed by atoms with Gasteiger partial charge < -0.3 is 23.8 Å². The van der Waals surface area contributed by atoms with Crippen molar-refractivity contribution in [1.82, 2.24) is 9.80 Å². The van der Waals surface area contributed by atoms with Gasteiger partial charge in [-0.1, -0.05) is 6.07 Å². The first kappa shape index (κ1) is 26.4. The van der Waals surface area contributed by atoms with E-state index in [0.29, 0.717) is 12.8 Å². The molecule has 1 aromatic carbocycles. The third kappa shape index (κ3) is 5.22. The lowest BCUT2D eigenvalue weighted by atomic mass is 9.77. The fourth-order valence-electron chi connectivity index (χ4n) is 4.01. The molecule has 3 rings (SSSR count). The number of piperidine rings is 1. The molecule has 2 aliphatic rings. The Hall–Kier alpha value is -2.20. The number of carbonyl (C=O) groups is 2. The fourth-order valence-corrected chi connectivity index (χ4v) is 4.01. The van der Waals surface area contributed by atoms with E-state index in [2.05, 4.69) is 0 Å². The number of halogens is 2. The summed E-state index contributed by atoms with van der Waals surface area (Å²) in [6.45, 7) is 13.2. The van der Waals surface area contributed by atoms with E-state index in [1.165, 1.54) is 15.9 Å². The molecule has 0 aliphatic carbocycles. The summed E-state index contributed by atoms with van der Waals surface area (Å²) in [7, 11) is 0.606. The van der Waals surface area contributed by atoms with Crippen molar-refractivity contribution in [3.63, 3.8) is 0 Å². The van der Waals surface area contributed by atoms with Crippen molar-refractivity contribution < 1.29 is 32.4 Å². The first-order valence-corrected chi connectivity index (χ1v) is 11.6. The van der Waals surface area contributed by atoms with Crippen LogP contribution >= 0.6 is 0 Å². The van der Waals surface area contributed by atoms with Crippen LogP contribution < -0.4 is 5.46 Å². The Morgan fingerprint density at radius 3 is 2.12 bits per heavy atom. The minimum atomic E-state index is -1.05. The molecule has 0 bridgehead atoms. The molecule has 0 atom stereocenters. The van der Waals surface area contributed by atoms with Crippen LogP contribution in [0.15, 0.2) is 12.1 Å². The molecule has 2 heterocycles. The molecular weight excluding hydrogens is 445 g/mol. The summed E-state index contributed by atoms with van der Waals surface area (Å²) >= 11 is 0. The molecule has 0 saturated carbocycles. The van der Waals surface area contributed by atoms with Crippen molar-refractivity contribution in [2.45, 2.75) is 84.2 Å². The van der Waals surface area contributed by atoms with Crippen molar-refractivity contribution in [3.8, 4) is 0 Å². The lowest BCUT2D eigenvalue weighted by Gasteiger charge is -2.37. The summed E-state index contributed by atoms with van der Waals surface area (Å²) in [4.78, 5) is 28.4.